The molecule has 1 heterocycles. The van der Waals surface area contributed by atoms with Gasteiger partial charge in [-0.2, -0.15) is 0 Å². The number of halogens is 1. The van der Waals surface area contributed by atoms with Crippen LogP contribution in [-0.2, 0) is 6.42 Å². The number of aromatic carboxylic acids is 1. The Morgan fingerprint density at radius 1 is 0.939 bits per heavy atom. The zero-order chi connectivity index (χ0) is 23.0. The number of carboxylic acids is 1. The largest absolute Gasteiger partial charge is 0.478 e. The standard InChI is InChI=1S/C26H27ClN4O2/c27-22-9-11-24(12-10-22)30-15-17-31(18-16-30)26(28-14-13-20-5-2-1-3-6-20)29-23-8-4-7-21(19-23)25(32)33/h1-12,19H,13-18H2,(H,28,29)(H,32,33). The van der Waals surface area contributed by atoms with E-state index in [1.54, 1.807) is 18.2 Å². The minimum absolute atomic E-state index is 0.246. The van der Waals surface area contributed by atoms with Gasteiger partial charge in [-0.15, -0.1) is 0 Å². The molecule has 1 aliphatic heterocycles. The number of hydrogen-bond acceptors (Lipinski definition) is 3. The van der Waals surface area contributed by atoms with Crippen LogP contribution in [0.2, 0.25) is 5.02 Å². The van der Waals surface area contributed by atoms with Crippen molar-refractivity contribution in [3.63, 3.8) is 0 Å². The van der Waals surface area contributed by atoms with Gasteiger partial charge in [-0.1, -0.05) is 48.0 Å². The summed E-state index contributed by atoms with van der Waals surface area (Å²) < 4.78 is 0. The van der Waals surface area contributed by atoms with Crippen molar-refractivity contribution >= 4 is 34.9 Å². The van der Waals surface area contributed by atoms with Crippen molar-refractivity contribution in [2.45, 2.75) is 6.42 Å². The molecule has 0 aliphatic carbocycles. The topological polar surface area (TPSA) is 68.2 Å². The molecular weight excluding hydrogens is 436 g/mol. The van der Waals surface area contributed by atoms with Crippen LogP contribution in [0.4, 0.5) is 11.4 Å². The van der Waals surface area contributed by atoms with Gasteiger partial charge in [0.2, 0.25) is 0 Å². The number of aliphatic imine (C=N–C) groups is 1. The second-order valence-corrected chi connectivity index (χ2v) is 8.34. The summed E-state index contributed by atoms with van der Waals surface area (Å²) in [7, 11) is 0. The lowest BCUT2D eigenvalue weighted by Crippen LogP contribution is -2.50. The third-order valence-corrected chi connectivity index (χ3v) is 5.89. The lowest BCUT2D eigenvalue weighted by molar-refractivity contribution is 0.0697. The Balaban J connectivity index is 1.47. The van der Waals surface area contributed by atoms with E-state index < -0.39 is 5.97 Å². The highest BCUT2D eigenvalue weighted by Gasteiger charge is 2.20. The Bertz CT molecular complexity index is 1090. The highest BCUT2D eigenvalue weighted by atomic mass is 35.5. The summed E-state index contributed by atoms with van der Waals surface area (Å²) in [5.74, 6) is -0.179. The molecule has 3 aromatic rings. The maximum atomic E-state index is 11.4. The van der Waals surface area contributed by atoms with E-state index in [1.165, 1.54) is 5.56 Å². The van der Waals surface area contributed by atoms with Crippen molar-refractivity contribution in [2.24, 2.45) is 4.99 Å². The van der Waals surface area contributed by atoms with Crippen LogP contribution in [0.15, 0.2) is 83.9 Å². The molecule has 6 nitrogen and oxygen atoms in total. The van der Waals surface area contributed by atoms with Gasteiger partial charge in [-0.05, 0) is 54.4 Å². The molecule has 1 saturated heterocycles. The predicted octanol–water partition coefficient (Wildman–Crippen LogP) is 4.87. The van der Waals surface area contributed by atoms with Crippen molar-refractivity contribution in [1.29, 1.82) is 0 Å². The second kappa shape index (κ2) is 10.9. The number of nitrogens with zero attached hydrogens (tertiary/aromatic N) is 3. The van der Waals surface area contributed by atoms with Crippen molar-refractivity contribution in [2.75, 3.05) is 42.9 Å². The van der Waals surface area contributed by atoms with E-state index in [0.717, 1.165) is 49.3 Å². The Hall–Kier alpha value is -3.51. The average Bonchev–Trinajstić information content (AvgIpc) is 2.85. The van der Waals surface area contributed by atoms with Gasteiger partial charge in [-0.25, -0.2) is 4.79 Å². The molecular formula is C26H27ClN4O2. The first-order chi connectivity index (χ1) is 16.1. The molecule has 0 unspecified atom stereocenters. The summed E-state index contributed by atoms with van der Waals surface area (Å²) in [5.41, 5.74) is 3.36. The minimum atomic E-state index is -0.946. The van der Waals surface area contributed by atoms with Crippen LogP contribution >= 0.6 is 11.6 Å². The fourth-order valence-corrected chi connectivity index (χ4v) is 3.97. The van der Waals surface area contributed by atoms with Crippen LogP contribution in [0, 0.1) is 0 Å². The summed E-state index contributed by atoms with van der Waals surface area (Å²) in [6.45, 7) is 3.96. The molecule has 1 fully saturated rings. The molecule has 0 atom stereocenters. The number of hydrogen-bond donors (Lipinski definition) is 2. The number of piperazine rings is 1. The van der Waals surface area contributed by atoms with Crippen LogP contribution in [-0.4, -0.2) is 54.7 Å². The molecule has 33 heavy (non-hydrogen) atoms. The molecule has 7 heteroatoms. The molecule has 3 aromatic carbocycles. The molecule has 4 rings (SSSR count). The van der Waals surface area contributed by atoms with Crippen molar-refractivity contribution in [3.8, 4) is 0 Å². The average molecular weight is 463 g/mol. The van der Waals surface area contributed by atoms with E-state index in [0.29, 0.717) is 12.2 Å². The normalized spacial score (nSPS) is 14.3. The van der Waals surface area contributed by atoms with Crippen LogP contribution in [0.1, 0.15) is 15.9 Å². The number of carbonyl (C=O) groups is 1. The van der Waals surface area contributed by atoms with Gasteiger partial charge in [0.1, 0.15) is 0 Å². The Morgan fingerprint density at radius 3 is 2.36 bits per heavy atom. The molecule has 0 spiro atoms. The Labute approximate surface area is 199 Å². The van der Waals surface area contributed by atoms with E-state index in [4.69, 9.17) is 16.6 Å². The number of anilines is 2. The SMILES string of the molecule is O=C(O)c1cccc(NC(=NCCc2ccccc2)N2CCN(c3ccc(Cl)cc3)CC2)c1. The third-order valence-electron chi connectivity index (χ3n) is 5.64. The number of benzene rings is 3. The number of guanidine groups is 1. The van der Waals surface area contributed by atoms with E-state index in [9.17, 15) is 9.90 Å². The molecule has 0 bridgehead atoms. The predicted molar refractivity (Wildman–Crippen MR) is 135 cm³/mol. The van der Waals surface area contributed by atoms with E-state index >= 15 is 0 Å². The molecule has 0 saturated carbocycles. The van der Waals surface area contributed by atoms with Crippen LogP contribution < -0.4 is 10.2 Å². The summed E-state index contributed by atoms with van der Waals surface area (Å²) in [6.07, 6.45) is 0.839. The molecule has 170 valence electrons. The zero-order valence-corrected chi connectivity index (χ0v) is 19.1. The zero-order valence-electron chi connectivity index (χ0n) is 18.3. The second-order valence-electron chi connectivity index (χ2n) is 7.90. The Kier molecular flexibility index (Phi) is 7.47. The van der Waals surface area contributed by atoms with Gasteiger partial charge in [0.05, 0.1) is 5.56 Å². The van der Waals surface area contributed by atoms with Gasteiger partial charge in [-0.3, -0.25) is 4.99 Å². The first kappa shape index (κ1) is 22.7. The number of nitrogens with one attached hydrogen (secondary N) is 1. The summed E-state index contributed by atoms with van der Waals surface area (Å²) >= 11 is 6.03. The lowest BCUT2D eigenvalue weighted by Gasteiger charge is -2.37. The first-order valence-electron chi connectivity index (χ1n) is 11.0. The van der Waals surface area contributed by atoms with Crippen LogP contribution in [0.25, 0.3) is 0 Å². The highest BCUT2D eigenvalue weighted by Crippen LogP contribution is 2.20. The van der Waals surface area contributed by atoms with Gasteiger partial charge in [0.15, 0.2) is 5.96 Å². The number of rotatable bonds is 6. The fourth-order valence-electron chi connectivity index (χ4n) is 3.84. The quantitative estimate of drug-likeness (QED) is 0.404. The third kappa shape index (κ3) is 6.26. The smallest absolute Gasteiger partial charge is 0.335 e. The molecule has 1 aliphatic rings. The summed E-state index contributed by atoms with van der Waals surface area (Å²) in [6, 6.07) is 25.0. The van der Waals surface area contributed by atoms with Gasteiger partial charge in [0, 0.05) is 49.1 Å². The van der Waals surface area contributed by atoms with E-state index in [-0.39, 0.29) is 5.56 Å². The van der Waals surface area contributed by atoms with Crippen LogP contribution in [0.5, 0.6) is 0 Å². The lowest BCUT2D eigenvalue weighted by atomic mass is 10.1. The fraction of sp³-hybridized carbons (Fsp3) is 0.231. The molecule has 0 radical (unpaired) electrons. The molecule has 0 amide bonds. The van der Waals surface area contributed by atoms with Crippen molar-refractivity contribution in [3.05, 3.63) is 95.0 Å². The number of carboxylic acid groups (broad SMARTS) is 1. The van der Waals surface area contributed by atoms with Crippen molar-refractivity contribution in [1.82, 2.24) is 4.90 Å². The first-order valence-corrected chi connectivity index (χ1v) is 11.4. The summed E-state index contributed by atoms with van der Waals surface area (Å²) in [4.78, 5) is 20.8. The van der Waals surface area contributed by atoms with Gasteiger partial charge >= 0.3 is 5.97 Å². The van der Waals surface area contributed by atoms with Gasteiger partial charge in [0.25, 0.3) is 0 Å². The van der Waals surface area contributed by atoms with E-state index in [2.05, 4.69) is 27.2 Å². The monoisotopic (exact) mass is 462 g/mol. The Morgan fingerprint density at radius 2 is 1.67 bits per heavy atom. The van der Waals surface area contributed by atoms with Crippen LogP contribution in [0.3, 0.4) is 0 Å². The highest BCUT2D eigenvalue weighted by molar-refractivity contribution is 6.30. The van der Waals surface area contributed by atoms with Gasteiger partial charge < -0.3 is 20.2 Å². The molecule has 0 aromatic heterocycles. The maximum Gasteiger partial charge on any atom is 0.335 e. The van der Waals surface area contributed by atoms with E-state index in [1.807, 2.05) is 48.5 Å². The maximum absolute atomic E-state index is 11.4. The summed E-state index contributed by atoms with van der Waals surface area (Å²) in [5, 5.41) is 13.4. The minimum Gasteiger partial charge on any atom is -0.478 e. The van der Waals surface area contributed by atoms with Crippen molar-refractivity contribution < 1.29 is 9.90 Å². The molecule has 2 N–H and O–H groups in total.